The predicted molar refractivity (Wildman–Crippen MR) is 112 cm³/mol. The molecule has 28 heavy (non-hydrogen) atoms. The molecule has 0 aliphatic heterocycles. The minimum Gasteiger partial charge on any atom is -0.469 e. The third-order valence-corrected chi connectivity index (χ3v) is 9.87. The van der Waals surface area contributed by atoms with Crippen molar-refractivity contribution in [3.05, 3.63) is 11.6 Å². The molecule has 1 N–H and O–H groups in total. The zero-order valence-corrected chi connectivity index (χ0v) is 18.4. The van der Waals surface area contributed by atoms with E-state index in [4.69, 9.17) is 4.74 Å². The number of ether oxygens (including phenoxy) is 1. The molecule has 3 saturated carbocycles. The van der Waals surface area contributed by atoms with Crippen LogP contribution in [0.2, 0.25) is 0 Å². The van der Waals surface area contributed by atoms with Crippen LogP contribution in [-0.4, -0.2) is 24.3 Å². The highest BCUT2D eigenvalue weighted by molar-refractivity contribution is 5.69. The molecule has 158 valence electrons. The van der Waals surface area contributed by atoms with Crippen LogP contribution >= 0.6 is 0 Å². The van der Waals surface area contributed by atoms with Crippen molar-refractivity contribution in [2.24, 2.45) is 40.4 Å². The van der Waals surface area contributed by atoms with Gasteiger partial charge in [0.25, 0.3) is 0 Å². The molecule has 0 unspecified atom stereocenters. The first-order valence-electron chi connectivity index (χ1n) is 11.7. The molecule has 3 nitrogen and oxygen atoms in total. The van der Waals surface area contributed by atoms with E-state index in [0.717, 1.165) is 42.9 Å². The number of allylic oxidation sites excluding steroid dienone is 1. The lowest BCUT2D eigenvalue weighted by Crippen LogP contribution is -2.50. The molecular weight excluding hydrogens is 348 g/mol. The molecule has 8 atom stereocenters. The maximum Gasteiger partial charge on any atom is 0.305 e. The third kappa shape index (κ3) is 3.16. The monoisotopic (exact) mass is 388 g/mol. The van der Waals surface area contributed by atoms with Gasteiger partial charge in [0.15, 0.2) is 0 Å². The average molecular weight is 389 g/mol. The second-order valence-electron chi connectivity index (χ2n) is 11.0. The van der Waals surface area contributed by atoms with E-state index < -0.39 is 0 Å². The molecule has 0 radical (unpaired) electrons. The fraction of sp³-hybridized carbons (Fsp3) is 0.880. The van der Waals surface area contributed by atoms with Gasteiger partial charge < -0.3 is 9.84 Å². The van der Waals surface area contributed by atoms with Crippen molar-refractivity contribution in [3.63, 3.8) is 0 Å². The molecule has 0 aromatic carbocycles. The van der Waals surface area contributed by atoms with Gasteiger partial charge in [0.1, 0.15) is 0 Å². The molecule has 0 bridgehead atoms. The Bertz CT molecular complexity index is 640. The van der Waals surface area contributed by atoms with Crippen LogP contribution in [0.25, 0.3) is 0 Å². The highest BCUT2D eigenvalue weighted by atomic mass is 16.5. The molecule has 3 heteroatoms. The van der Waals surface area contributed by atoms with E-state index in [1.54, 1.807) is 5.57 Å². The summed E-state index contributed by atoms with van der Waals surface area (Å²) in [6.45, 7) is 7.46. The zero-order valence-electron chi connectivity index (χ0n) is 18.4. The summed E-state index contributed by atoms with van der Waals surface area (Å²) in [4.78, 5) is 11.6. The van der Waals surface area contributed by atoms with Crippen LogP contribution in [0.5, 0.6) is 0 Å². The molecular formula is C25H40O3. The van der Waals surface area contributed by atoms with Gasteiger partial charge in [0, 0.05) is 6.42 Å². The van der Waals surface area contributed by atoms with Crippen molar-refractivity contribution in [1.29, 1.82) is 0 Å². The van der Waals surface area contributed by atoms with Gasteiger partial charge in [-0.3, -0.25) is 4.79 Å². The van der Waals surface area contributed by atoms with Crippen molar-refractivity contribution < 1.29 is 14.6 Å². The summed E-state index contributed by atoms with van der Waals surface area (Å²) in [5, 5.41) is 10.2. The maximum absolute atomic E-state index is 11.6. The van der Waals surface area contributed by atoms with Gasteiger partial charge in [-0.2, -0.15) is 0 Å². The van der Waals surface area contributed by atoms with Crippen LogP contribution in [0.1, 0.15) is 85.0 Å². The summed E-state index contributed by atoms with van der Waals surface area (Å²) in [5.74, 6) is 3.74. The van der Waals surface area contributed by atoms with Gasteiger partial charge in [-0.1, -0.05) is 32.4 Å². The molecule has 0 saturated heterocycles. The lowest BCUT2D eigenvalue weighted by atomic mass is 9.47. The van der Waals surface area contributed by atoms with E-state index in [0.29, 0.717) is 23.2 Å². The standard InChI is InChI=1S/C25H40O3/c1-16(5-10-23(27)28-4)20-8-9-21-19-7-6-17-15-18(26)11-13-24(17,2)22(19)12-14-25(20,21)3/h6,16,18-22,26H,5,7-15H2,1-4H3/t16-,18-,19-,20-,21-,22+,24-,25+/m0/s1. The molecule has 4 aliphatic carbocycles. The number of aliphatic hydroxyl groups is 1. The Morgan fingerprint density at radius 1 is 1.21 bits per heavy atom. The van der Waals surface area contributed by atoms with E-state index >= 15 is 0 Å². The molecule has 0 amide bonds. The lowest BCUT2D eigenvalue weighted by molar-refractivity contribution is -0.141. The third-order valence-electron chi connectivity index (χ3n) is 9.87. The van der Waals surface area contributed by atoms with Gasteiger partial charge in [0.05, 0.1) is 13.2 Å². The summed E-state index contributed by atoms with van der Waals surface area (Å²) in [6.07, 6.45) is 13.6. The number of fused-ring (bicyclic) bond motifs is 5. The van der Waals surface area contributed by atoms with Crippen LogP contribution in [0.4, 0.5) is 0 Å². The predicted octanol–water partition coefficient (Wildman–Crippen LogP) is 5.52. The summed E-state index contributed by atoms with van der Waals surface area (Å²) in [5.41, 5.74) is 2.34. The first-order valence-corrected chi connectivity index (χ1v) is 11.7. The Hall–Kier alpha value is -0.830. The van der Waals surface area contributed by atoms with Gasteiger partial charge in [0.2, 0.25) is 0 Å². The normalized spacial score (nSPS) is 46.0. The minimum absolute atomic E-state index is 0.0624. The Morgan fingerprint density at radius 2 is 2.00 bits per heavy atom. The topological polar surface area (TPSA) is 46.5 Å². The summed E-state index contributed by atoms with van der Waals surface area (Å²) >= 11 is 0. The fourth-order valence-corrected chi connectivity index (χ4v) is 8.27. The molecule has 0 aromatic heterocycles. The van der Waals surface area contributed by atoms with Crippen molar-refractivity contribution in [1.82, 2.24) is 0 Å². The second kappa shape index (κ2) is 7.45. The van der Waals surface area contributed by atoms with E-state index in [9.17, 15) is 9.90 Å². The zero-order chi connectivity index (χ0) is 20.1. The fourth-order valence-electron chi connectivity index (χ4n) is 8.27. The number of aliphatic hydroxyl groups excluding tert-OH is 1. The van der Waals surface area contributed by atoms with Crippen LogP contribution in [0.3, 0.4) is 0 Å². The Balaban J connectivity index is 1.51. The summed E-state index contributed by atoms with van der Waals surface area (Å²) < 4.78 is 4.87. The molecule has 3 fully saturated rings. The Labute approximate surface area is 171 Å². The Kier molecular flexibility index (Phi) is 5.44. The van der Waals surface area contributed by atoms with Gasteiger partial charge in [-0.15, -0.1) is 0 Å². The number of rotatable bonds is 4. The molecule has 4 rings (SSSR count). The van der Waals surface area contributed by atoms with E-state index in [1.807, 2.05) is 0 Å². The number of hydrogen-bond acceptors (Lipinski definition) is 3. The summed E-state index contributed by atoms with van der Waals surface area (Å²) in [6, 6.07) is 0. The number of hydrogen-bond donors (Lipinski definition) is 1. The first kappa shape index (κ1) is 20.4. The average Bonchev–Trinajstić information content (AvgIpc) is 3.03. The molecule has 0 heterocycles. The molecule has 0 spiro atoms. The van der Waals surface area contributed by atoms with Crippen LogP contribution in [0, 0.1) is 40.4 Å². The number of methoxy groups -OCH3 is 1. The minimum atomic E-state index is -0.115. The van der Waals surface area contributed by atoms with Gasteiger partial charge in [-0.05, 0) is 98.2 Å². The SMILES string of the molecule is COC(=O)CC[C@H](C)[C@@H]1CC[C@H]2[C@@H]3CC=C4C[C@@H](O)CC[C@]4(C)[C@@H]3CC[C@@]21C. The molecule has 4 aliphatic rings. The van der Waals surface area contributed by atoms with Crippen molar-refractivity contribution in [3.8, 4) is 0 Å². The molecule has 0 aromatic rings. The van der Waals surface area contributed by atoms with E-state index in [2.05, 4.69) is 26.8 Å². The summed E-state index contributed by atoms with van der Waals surface area (Å²) in [7, 11) is 1.50. The quantitative estimate of drug-likeness (QED) is 0.510. The number of esters is 1. The highest BCUT2D eigenvalue weighted by Crippen LogP contribution is 2.67. The van der Waals surface area contributed by atoms with Crippen molar-refractivity contribution >= 4 is 5.97 Å². The van der Waals surface area contributed by atoms with Crippen LogP contribution in [0.15, 0.2) is 11.6 Å². The second-order valence-corrected chi connectivity index (χ2v) is 11.0. The van der Waals surface area contributed by atoms with Crippen LogP contribution < -0.4 is 0 Å². The first-order chi connectivity index (χ1) is 13.3. The lowest BCUT2D eigenvalue weighted by Gasteiger charge is -2.58. The van der Waals surface area contributed by atoms with Gasteiger partial charge >= 0.3 is 5.97 Å². The highest BCUT2D eigenvalue weighted by Gasteiger charge is 2.59. The largest absolute Gasteiger partial charge is 0.469 e. The smallest absolute Gasteiger partial charge is 0.305 e. The number of carbonyl (C=O) groups is 1. The van der Waals surface area contributed by atoms with E-state index in [-0.39, 0.29) is 12.1 Å². The van der Waals surface area contributed by atoms with Crippen molar-refractivity contribution in [2.45, 2.75) is 91.1 Å². The van der Waals surface area contributed by atoms with Gasteiger partial charge in [-0.25, -0.2) is 0 Å². The van der Waals surface area contributed by atoms with Crippen molar-refractivity contribution in [2.75, 3.05) is 7.11 Å². The van der Waals surface area contributed by atoms with E-state index in [1.165, 1.54) is 45.6 Å². The van der Waals surface area contributed by atoms with Crippen LogP contribution in [-0.2, 0) is 9.53 Å². The maximum atomic E-state index is 11.6. The Morgan fingerprint density at radius 3 is 2.75 bits per heavy atom. The number of carbonyl (C=O) groups excluding carboxylic acids is 1.